The van der Waals surface area contributed by atoms with Gasteiger partial charge in [0, 0.05) is 11.3 Å². The van der Waals surface area contributed by atoms with Gasteiger partial charge in [-0.05, 0) is 36.4 Å². The molecule has 0 aliphatic carbocycles. The van der Waals surface area contributed by atoms with Crippen LogP contribution in [0.5, 0.6) is 5.75 Å². The zero-order valence-corrected chi connectivity index (χ0v) is 10.1. The summed E-state index contributed by atoms with van der Waals surface area (Å²) < 4.78 is 38.3. The van der Waals surface area contributed by atoms with Gasteiger partial charge in [0.05, 0.1) is 5.56 Å². The smallest absolute Gasteiger partial charge is 0.263 e. The second kappa shape index (κ2) is 5.64. The predicted octanol–water partition coefficient (Wildman–Crippen LogP) is 3.72. The van der Waals surface area contributed by atoms with E-state index in [-0.39, 0.29) is 11.3 Å². The molecule has 0 aromatic heterocycles. The van der Waals surface area contributed by atoms with E-state index in [9.17, 15) is 18.0 Å². The van der Waals surface area contributed by atoms with Crippen LogP contribution < -0.4 is 5.32 Å². The quantitative estimate of drug-likeness (QED) is 0.842. The molecule has 0 heterocycles. The van der Waals surface area contributed by atoms with Crippen LogP contribution in [0.2, 0.25) is 0 Å². The number of carbonyl (C=O) groups is 1. The van der Waals surface area contributed by atoms with Crippen molar-refractivity contribution < 1.29 is 23.1 Å². The molecule has 2 rings (SSSR count). The number of aromatic hydroxyl groups is 1. The number of phenols is 1. The highest BCUT2D eigenvalue weighted by molar-refractivity contribution is 6.04. The van der Waals surface area contributed by atoms with Crippen molar-refractivity contribution in [3.05, 3.63) is 59.4 Å². The Kier molecular flexibility index (Phi) is 3.93. The molecule has 1 amide bonds. The van der Waals surface area contributed by atoms with Crippen molar-refractivity contribution in [2.45, 2.75) is 6.43 Å². The van der Waals surface area contributed by atoms with E-state index in [1.54, 1.807) is 0 Å². The number of amides is 1. The van der Waals surface area contributed by atoms with Crippen LogP contribution >= 0.6 is 0 Å². The number of carbonyl (C=O) groups excluding carboxylic acids is 1. The van der Waals surface area contributed by atoms with Crippen LogP contribution in [-0.4, -0.2) is 11.0 Å². The lowest BCUT2D eigenvalue weighted by atomic mass is 10.1. The molecule has 0 aliphatic rings. The van der Waals surface area contributed by atoms with Crippen LogP contribution in [0, 0.1) is 5.82 Å². The summed E-state index contributed by atoms with van der Waals surface area (Å²) in [5.41, 5.74) is -0.462. The van der Waals surface area contributed by atoms with E-state index in [0.717, 1.165) is 12.1 Å². The fraction of sp³-hybridized carbons (Fsp3) is 0.0714. The fourth-order valence-electron chi connectivity index (χ4n) is 1.59. The Morgan fingerprint density at radius 3 is 2.30 bits per heavy atom. The molecular weight excluding hydrogens is 271 g/mol. The molecule has 104 valence electrons. The lowest BCUT2D eigenvalue weighted by Gasteiger charge is -2.07. The van der Waals surface area contributed by atoms with Gasteiger partial charge in [-0.3, -0.25) is 4.79 Å². The number of phenolic OH excluding ortho intramolecular Hbond substituents is 1. The summed E-state index contributed by atoms with van der Waals surface area (Å²) in [6, 6.07) is 8.21. The Bertz CT molecular complexity index is 627. The van der Waals surface area contributed by atoms with E-state index >= 15 is 0 Å². The third-order valence-electron chi connectivity index (χ3n) is 2.61. The van der Waals surface area contributed by atoms with Crippen molar-refractivity contribution in [2.24, 2.45) is 0 Å². The van der Waals surface area contributed by atoms with Gasteiger partial charge in [0.1, 0.15) is 11.6 Å². The molecule has 0 fully saturated rings. The van der Waals surface area contributed by atoms with Crippen LogP contribution in [0.1, 0.15) is 22.3 Å². The number of halogens is 3. The maximum atomic E-state index is 13.6. The molecule has 0 radical (unpaired) electrons. The number of anilines is 1. The van der Waals surface area contributed by atoms with E-state index < -0.39 is 23.7 Å². The maximum absolute atomic E-state index is 13.6. The summed E-state index contributed by atoms with van der Waals surface area (Å²) in [7, 11) is 0. The molecule has 0 saturated heterocycles. The minimum atomic E-state index is -2.79. The van der Waals surface area contributed by atoms with Crippen molar-refractivity contribution in [2.75, 3.05) is 5.32 Å². The van der Waals surface area contributed by atoms with Gasteiger partial charge in [-0.25, -0.2) is 13.2 Å². The molecule has 0 spiro atoms. The van der Waals surface area contributed by atoms with Crippen molar-refractivity contribution in [1.82, 2.24) is 0 Å². The third-order valence-corrected chi connectivity index (χ3v) is 2.61. The van der Waals surface area contributed by atoms with Crippen molar-refractivity contribution in [1.29, 1.82) is 0 Å². The van der Waals surface area contributed by atoms with Crippen molar-refractivity contribution >= 4 is 11.6 Å². The molecule has 20 heavy (non-hydrogen) atoms. The first-order valence-corrected chi connectivity index (χ1v) is 5.65. The average Bonchev–Trinajstić information content (AvgIpc) is 2.41. The van der Waals surface area contributed by atoms with Gasteiger partial charge < -0.3 is 10.4 Å². The molecule has 0 atom stereocenters. The van der Waals surface area contributed by atoms with Crippen LogP contribution in [0.3, 0.4) is 0 Å². The number of hydrogen-bond donors (Lipinski definition) is 2. The van der Waals surface area contributed by atoms with E-state index in [4.69, 9.17) is 5.11 Å². The van der Waals surface area contributed by atoms with E-state index in [1.807, 2.05) is 0 Å². The number of alkyl halides is 2. The van der Waals surface area contributed by atoms with E-state index in [0.29, 0.717) is 11.8 Å². The van der Waals surface area contributed by atoms with Gasteiger partial charge in [-0.2, -0.15) is 0 Å². The van der Waals surface area contributed by atoms with Crippen molar-refractivity contribution in [3.8, 4) is 5.75 Å². The number of hydrogen-bond acceptors (Lipinski definition) is 2. The second-order valence-corrected chi connectivity index (χ2v) is 4.04. The first-order valence-electron chi connectivity index (χ1n) is 5.65. The van der Waals surface area contributed by atoms with Gasteiger partial charge in [0.25, 0.3) is 12.3 Å². The Hall–Kier alpha value is -2.50. The Balaban J connectivity index is 2.19. The summed E-state index contributed by atoms with van der Waals surface area (Å²) in [4.78, 5) is 11.8. The van der Waals surface area contributed by atoms with Gasteiger partial charge in [0.15, 0.2) is 0 Å². The summed E-state index contributed by atoms with van der Waals surface area (Å²) in [5.74, 6) is -1.75. The fourth-order valence-corrected chi connectivity index (χ4v) is 1.59. The predicted molar refractivity (Wildman–Crippen MR) is 67.4 cm³/mol. The standard InChI is InChI=1S/C14H10F3NO2/c15-12-7-8(13(16)17)1-6-11(12)14(20)18-9-2-4-10(19)5-3-9/h1-7,13,19H,(H,18,20). The summed E-state index contributed by atoms with van der Waals surface area (Å²) >= 11 is 0. The van der Waals surface area contributed by atoms with Crippen molar-refractivity contribution in [3.63, 3.8) is 0 Å². The van der Waals surface area contributed by atoms with E-state index in [1.165, 1.54) is 24.3 Å². The molecule has 2 aromatic carbocycles. The molecule has 0 saturated carbocycles. The molecule has 2 aromatic rings. The highest BCUT2D eigenvalue weighted by atomic mass is 19.3. The van der Waals surface area contributed by atoms with Crippen LogP contribution in [-0.2, 0) is 0 Å². The van der Waals surface area contributed by atoms with Gasteiger partial charge in [-0.1, -0.05) is 6.07 Å². The lowest BCUT2D eigenvalue weighted by Crippen LogP contribution is -2.13. The van der Waals surface area contributed by atoms with Crippen LogP contribution in [0.25, 0.3) is 0 Å². The molecule has 2 N–H and O–H groups in total. The lowest BCUT2D eigenvalue weighted by molar-refractivity contribution is 0.102. The molecular formula is C14H10F3NO2. The molecule has 0 aliphatic heterocycles. The Morgan fingerprint density at radius 2 is 1.75 bits per heavy atom. The van der Waals surface area contributed by atoms with E-state index in [2.05, 4.69) is 5.32 Å². The zero-order valence-electron chi connectivity index (χ0n) is 10.1. The monoisotopic (exact) mass is 281 g/mol. The Morgan fingerprint density at radius 1 is 1.10 bits per heavy atom. The first kappa shape index (κ1) is 13.9. The topological polar surface area (TPSA) is 49.3 Å². The Labute approximate surface area is 112 Å². The van der Waals surface area contributed by atoms with Crippen LogP contribution in [0.4, 0.5) is 18.9 Å². The molecule has 6 heteroatoms. The third kappa shape index (κ3) is 3.09. The molecule has 0 bridgehead atoms. The largest absolute Gasteiger partial charge is 0.508 e. The minimum absolute atomic E-state index is 0.0236. The minimum Gasteiger partial charge on any atom is -0.508 e. The van der Waals surface area contributed by atoms with Gasteiger partial charge in [-0.15, -0.1) is 0 Å². The number of benzene rings is 2. The van der Waals surface area contributed by atoms with Crippen LogP contribution in [0.15, 0.2) is 42.5 Å². The number of rotatable bonds is 3. The highest BCUT2D eigenvalue weighted by Gasteiger charge is 2.15. The SMILES string of the molecule is O=C(Nc1ccc(O)cc1)c1ccc(C(F)F)cc1F. The number of nitrogens with one attached hydrogen (secondary N) is 1. The summed E-state index contributed by atoms with van der Waals surface area (Å²) in [6.07, 6.45) is -2.79. The van der Waals surface area contributed by atoms with Gasteiger partial charge >= 0.3 is 0 Å². The normalized spacial score (nSPS) is 10.6. The zero-order chi connectivity index (χ0) is 14.7. The highest BCUT2D eigenvalue weighted by Crippen LogP contribution is 2.22. The average molecular weight is 281 g/mol. The molecule has 0 unspecified atom stereocenters. The summed E-state index contributed by atoms with van der Waals surface area (Å²) in [6.45, 7) is 0. The maximum Gasteiger partial charge on any atom is 0.263 e. The molecule has 3 nitrogen and oxygen atoms in total. The summed E-state index contributed by atoms with van der Waals surface area (Å²) in [5, 5.41) is 11.5. The van der Waals surface area contributed by atoms with Gasteiger partial charge in [0.2, 0.25) is 0 Å². The first-order chi connectivity index (χ1) is 9.47. The second-order valence-electron chi connectivity index (χ2n) is 4.04.